The third kappa shape index (κ3) is 5.00. The molecule has 7 heteroatoms. The first-order chi connectivity index (χ1) is 2.94. The van der Waals surface area contributed by atoms with Crippen LogP contribution in [-0.2, 0) is 0 Å². The predicted molar refractivity (Wildman–Crippen MR) is 42.2 cm³/mol. The standard InChI is InChI=1S/Cl5Ge2H/c1-6(2)7(3,4)5/h6H. The first-order valence-electron chi connectivity index (χ1n) is 1.29. The fourth-order valence-electron chi connectivity index (χ4n) is 0. The van der Waals surface area contributed by atoms with Crippen molar-refractivity contribution < 1.29 is 0 Å². The maximum atomic E-state index is 5.41. The summed E-state index contributed by atoms with van der Waals surface area (Å²) in [5, 5.41) is 0. The first-order valence-corrected chi connectivity index (χ1v) is 23.4. The molecule has 0 rings (SSSR count). The molecule has 0 spiro atoms. The molecular weight excluding hydrogens is 322 g/mol. The summed E-state index contributed by atoms with van der Waals surface area (Å²) in [6.45, 7) is 0. The summed E-state index contributed by atoms with van der Waals surface area (Å²) in [5.41, 5.74) is 0. The molecule has 0 unspecified atom stereocenters. The Morgan fingerprint density at radius 3 is 1.14 bits per heavy atom. The second-order valence-corrected chi connectivity index (χ2v) is 58.1. The summed E-state index contributed by atoms with van der Waals surface area (Å²) in [7, 11) is 21.6. The van der Waals surface area contributed by atoms with Gasteiger partial charge in [-0.15, -0.1) is 0 Å². The molecule has 0 aromatic heterocycles. The van der Waals surface area contributed by atoms with E-state index in [1.165, 1.54) is 0 Å². The Hall–Kier alpha value is 2.54. The molecule has 0 N–H and O–H groups in total. The van der Waals surface area contributed by atoms with Crippen LogP contribution in [0.4, 0.5) is 0 Å². The molecule has 0 aromatic carbocycles. The molecule has 7 heavy (non-hydrogen) atoms. The summed E-state index contributed by atoms with van der Waals surface area (Å²) >= 11 is 0. The van der Waals surface area contributed by atoms with Crippen molar-refractivity contribution in [2.24, 2.45) is 0 Å². The SMILES string of the molecule is [Cl][GeH]([Cl])[Ge]([Cl])([Cl])[Cl]. The molecule has 0 fully saturated rings. The average molecular weight is 323 g/mol. The maximum absolute atomic E-state index is 5.41. The zero-order valence-corrected chi connectivity index (χ0v) is 11.3. The van der Waals surface area contributed by atoms with Gasteiger partial charge in [-0.25, -0.2) is 0 Å². The van der Waals surface area contributed by atoms with Gasteiger partial charge in [0.05, 0.1) is 0 Å². The molecule has 0 aromatic rings. The quantitative estimate of drug-likeness (QED) is 0.650. The number of halogens is 5. The minimum absolute atomic E-state index is 2.34. The molecule has 0 atom stereocenters. The van der Waals surface area contributed by atoms with Gasteiger partial charge in [0, 0.05) is 0 Å². The van der Waals surface area contributed by atoms with Gasteiger partial charge in [0.15, 0.2) is 0 Å². The average Bonchev–Trinajstić information content (AvgIpc) is 1.31. The normalized spacial score (nSPS) is 12.9. The minimum atomic E-state index is -3.03. The van der Waals surface area contributed by atoms with Crippen molar-refractivity contribution in [3.05, 3.63) is 0 Å². The second kappa shape index (κ2) is 3.64. The van der Waals surface area contributed by atoms with E-state index in [9.17, 15) is 0 Å². The zero-order valence-electron chi connectivity index (χ0n) is 2.97. The van der Waals surface area contributed by atoms with Gasteiger partial charge in [0.25, 0.3) is 0 Å². The van der Waals surface area contributed by atoms with Crippen molar-refractivity contribution in [3.8, 4) is 0 Å². The van der Waals surface area contributed by atoms with Gasteiger partial charge in [0.2, 0.25) is 0 Å². The predicted octanol–water partition coefficient (Wildman–Crippen LogP) is 2.42. The van der Waals surface area contributed by atoms with Gasteiger partial charge in [-0.2, -0.15) is 0 Å². The molecule has 0 amide bonds. The topological polar surface area (TPSA) is 0 Å². The fourth-order valence-corrected chi connectivity index (χ4v) is 0. The van der Waals surface area contributed by atoms with Gasteiger partial charge in [0.1, 0.15) is 0 Å². The van der Waals surface area contributed by atoms with Crippen LogP contribution < -0.4 is 0 Å². The number of hydrogen-bond donors (Lipinski definition) is 0. The van der Waals surface area contributed by atoms with E-state index in [0.717, 1.165) is 0 Å². The first kappa shape index (κ1) is 9.54. The van der Waals surface area contributed by atoms with Crippen LogP contribution in [0.2, 0.25) is 0 Å². The summed E-state index contributed by atoms with van der Waals surface area (Å²) in [5.74, 6) is 0. The van der Waals surface area contributed by atoms with Gasteiger partial charge < -0.3 is 0 Å². The van der Waals surface area contributed by atoms with E-state index in [1.807, 2.05) is 0 Å². The van der Waals surface area contributed by atoms with Crippen LogP contribution in [0.5, 0.6) is 0 Å². The Labute approximate surface area is 68.2 Å². The Morgan fingerprint density at radius 1 is 1.00 bits per heavy atom. The Balaban J connectivity index is 3.54. The van der Waals surface area contributed by atoms with E-state index in [-0.39, 0.29) is 0 Å². The van der Waals surface area contributed by atoms with Gasteiger partial charge in [-0.3, -0.25) is 0 Å². The summed E-state index contributed by atoms with van der Waals surface area (Å²) in [4.78, 5) is 0. The molecule has 0 saturated heterocycles. The molecule has 0 nitrogen and oxygen atoms in total. The van der Waals surface area contributed by atoms with Crippen molar-refractivity contribution >= 4 is 69.1 Å². The van der Waals surface area contributed by atoms with E-state index >= 15 is 0 Å². The van der Waals surface area contributed by atoms with Crippen molar-refractivity contribution in [1.29, 1.82) is 0 Å². The fraction of sp³-hybridized carbons (Fsp3) is 0. The van der Waals surface area contributed by atoms with Gasteiger partial charge in [-0.05, 0) is 0 Å². The molecule has 0 heterocycles. The zero-order chi connectivity index (χ0) is 6.08. The van der Waals surface area contributed by atoms with Crippen LogP contribution >= 0.6 is 50.0 Å². The summed E-state index contributed by atoms with van der Waals surface area (Å²) in [6.07, 6.45) is 0. The molecule has 44 valence electrons. The van der Waals surface area contributed by atoms with E-state index in [0.29, 0.717) is 0 Å². The Morgan fingerprint density at radius 2 is 1.14 bits per heavy atom. The molecule has 0 bridgehead atoms. The van der Waals surface area contributed by atoms with E-state index in [1.54, 1.807) is 0 Å². The van der Waals surface area contributed by atoms with Crippen molar-refractivity contribution in [3.63, 3.8) is 0 Å². The van der Waals surface area contributed by atoms with Gasteiger partial charge in [-0.1, -0.05) is 0 Å². The molecule has 0 aliphatic carbocycles. The van der Waals surface area contributed by atoms with Crippen molar-refractivity contribution in [1.82, 2.24) is 0 Å². The van der Waals surface area contributed by atoms with E-state index in [2.05, 4.69) is 0 Å². The Kier molecular flexibility index (Phi) is 4.96. The van der Waals surface area contributed by atoms with E-state index in [4.69, 9.17) is 50.0 Å². The molecule has 0 saturated carbocycles. The molecular formula is HCl5Ge2. The second-order valence-electron chi connectivity index (χ2n) is 0.842. The number of rotatable bonds is 1. The molecule has 0 radical (unpaired) electrons. The van der Waals surface area contributed by atoms with Crippen LogP contribution in [0.15, 0.2) is 0 Å². The third-order valence-electron chi connectivity index (χ3n) is 0.247. The van der Waals surface area contributed by atoms with Crippen LogP contribution in [0.1, 0.15) is 0 Å². The van der Waals surface area contributed by atoms with Crippen molar-refractivity contribution in [2.75, 3.05) is 0 Å². The molecule has 0 aliphatic rings. The van der Waals surface area contributed by atoms with E-state index < -0.39 is 19.0 Å². The summed E-state index contributed by atoms with van der Waals surface area (Å²) in [6, 6.07) is 0. The summed E-state index contributed by atoms with van der Waals surface area (Å²) < 4.78 is 0. The van der Waals surface area contributed by atoms with Crippen LogP contribution in [0, 0.1) is 0 Å². The van der Waals surface area contributed by atoms with Crippen LogP contribution in [0.25, 0.3) is 0 Å². The third-order valence-corrected chi connectivity index (χ3v) is 60.1. The number of hydrogen-bond acceptors (Lipinski definition) is 0. The monoisotopic (exact) mass is 324 g/mol. The van der Waals surface area contributed by atoms with Gasteiger partial charge >= 0.3 is 69.1 Å². The van der Waals surface area contributed by atoms with Crippen molar-refractivity contribution in [2.45, 2.75) is 0 Å². The van der Waals surface area contributed by atoms with Crippen LogP contribution in [0.3, 0.4) is 0 Å². The molecule has 0 aliphatic heterocycles. The Bertz CT molecular complexity index is 51.6. The van der Waals surface area contributed by atoms with Crippen LogP contribution in [-0.4, -0.2) is 19.0 Å².